The fourth-order valence-corrected chi connectivity index (χ4v) is 4.55. The highest BCUT2D eigenvalue weighted by atomic mass is 32.1. The molecule has 1 amide bonds. The highest BCUT2D eigenvalue weighted by Crippen LogP contribution is 2.33. The van der Waals surface area contributed by atoms with Gasteiger partial charge in [-0.05, 0) is 53.3 Å². The lowest BCUT2D eigenvalue weighted by Gasteiger charge is -2.33. The molecule has 0 radical (unpaired) electrons. The van der Waals surface area contributed by atoms with Crippen LogP contribution in [0.5, 0.6) is 0 Å². The van der Waals surface area contributed by atoms with Gasteiger partial charge in [-0.2, -0.15) is 0 Å². The lowest BCUT2D eigenvalue weighted by atomic mass is 9.90. The molecule has 0 aromatic carbocycles. The molecule has 1 saturated heterocycles. The number of carbonyl (C=O) groups is 1. The van der Waals surface area contributed by atoms with Crippen LogP contribution < -0.4 is 0 Å². The standard InChI is InChI=1S/C18H21NO3S2/c20-11-13-10-15(24-12-13)3-4-17(21)19-7-5-14(6-8-19)18(22)16-2-1-9-23-16/h1-4,9-10,12,14,18,20,22H,5-8,11H2. The summed E-state index contributed by atoms with van der Waals surface area (Å²) in [5.41, 5.74) is 0.871. The molecule has 6 heteroatoms. The number of amides is 1. The first kappa shape index (κ1) is 17.4. The van der Waals surface area contributed by atoms with Gasteiger partial charge in [0.15, 0.2) is 0 Å². The van der Waals surface area contributed by atoms with E-state index < -0.39 is 6.10 Å². The first-order valence-corrected chi connectivity index (χ1v) is 9.80. The van der Waals surface area contributed by atoms with Gasteiger partial charge < -0.3 is 15.1 Å². The summed E-state index contributed by atoms with van der Waals surface area (Å²) in [7, 11) is 0. The van der Waals surface area contributed by atoms with Crippen molar-refractivity contribution in [1.29, 1.82) is 0 Å². The van der Waals surface area contributed by atoms with Crippen molar-refractivity contribution in [3.63, 3.8) is 0 Å². The minimum atomic E-state index is -0.416. The molecule has 0 spiro atoms. The largest absolute Gasteiger partial charge is 0.392 e. The molecular weight excluding hydrogens is 342 g/mol. The van der Waals surface area contributed by atoms with Crippen molar-refractivity contribution in [2.75, 3.05) is 13.1 Å². The zero-order valence-electron chi connectivity index (χ0n) is 13.3. The Kier molecular flexibility index (Phi) is 5.84. The number of aliphatic hydroxyl groups is 2. The van der Waals surface area contributed by atoms with Crippen LogP contribution in [0.15, 0.2) is 35.0 Å². The molecule has 0 saturated carbocycles. The third-order valence-corrected chi connectivity index (χ3v) is 6.27. The Balaban J connectivity index is 1.51. The molecule has 2 aromatic heterocycles. The van der Waals surface area contributed by atoms with Crippen LogP contribution in [-0.4, -0.2) is 34.1 Å². The van der Waals surface area contributed by atoms with Crippen LogP contribution in [0.1, 0.15) is 34.3 Å². The summed E-state index contributed by atoms with van der Waals surface area (Å²) in [6.07, 6.45) is 4.64. The summed E-state index contributed by atoms with van der Waals surface area (Å²) in [6, 6.07) is 5.81. The summed E-state index contributed by atoms with van der Waals surface area (Å²) in [4.78, 5) is 16.1. The molecule has 4 nitrogen and oxygen atoms in total. The lowest BCUT2D eigenvalue weighted by Crippen LogP contribution is -2.38. The monoisotopic (exact) mass is 363 g/mol. The second-order valence-corrected chi connectivity index (χ2v) is 7.89. The SMILES string of the molecule is O=C(C=Cc1cc(CO)cs1)N1CCC(C(O)c2cccs2)CC1. The average molecular weight is 364 g/mol. The van der Waals surface area contributed by atoms with Crippen molar-refractivity contribution in [3.8, 4) is 0 Å². The number of piperidine rings is 1. The Morgan fingerprint density at radius 2 is 2.17 bits per heavy atom. The second-order valence-electron chi connectivity index (χ2n) is 5.97. The van der Waals surface area contributed by atoms with E-state index in [0.29, 0.717) is 13.1 Å². The van der Waals surface area contributed by atoms with Gasteiger partial charge in [0.25, 0.3) is 0 Å². The van der Waals surface area contributed by atoms with Crippen molar-refractivity contribution in [1.82, 2.24) is 4.90 Å². The van der Waals surface area contributed by atoms with Crippen LogP contribution >= 0.6 is 22.7 Å². The summed E-state index contributed by atoms with van der Waals surface area (Å²) < 4.78 is 0. The van der Waals surface area contributed by atoms with E-state index in [2.05, 4.69) is 0 Å². The van der Waals surface area contributed by atoms with Crippen LogP contribution in [0.4, 0.5) is 0 Å². The van der Waals surface area contributed by atoms with Gasteiger partial charge in [0, 0.05) is 28.9 Å². The maximum atomic E-state index is 12.3. The van der Waals surface area contributed by atoms with Gasteiger partial charge in [-0.1, -0.05) is 6.07 Å². The van der Waals surface area contributed by atoms with E-state index in [1.54, 1.807) is 23.5 Å². The summed E-state index contributed by atoms with van der Waals surface area (Å²) in [5.74, 6) is 0.235. The molecule has 128 valence electrons. The maximum absolute atomic E-state index is 12.3. The van der Waals surface area contributed by atoms with Crippen LogP contribution in [0.25, 0.3) is 6.08 Å². The zero-order chi connectivity index (χ0) is 16.9. The van der Waals surface area contributed by atoms with E-state index in [-0.39, 0.29) is 18.4 Å². The Morgan fingerprint density at radius 1 is 1.38 bits per heavy atom. The molecule has 0 aliphatic carbocycles. The molecule has 24 heavy (non-hydrogen) atoms. The van der Waals surface area contributed by atoms with Gasteiger partial charge in [0.05, 0.1) is 12.7 Å². The third-order valence-electron chi connectivity index (χ3n) is 4.38. The fraction of sp³-hybridized carbons (Fsp3) is 0.389. The number of likely N-dealkylation sites (tertiary alicyclic amines) is 1. The van der Waals surface area contributed by atoms with Crippen molar-refractivity contribution in [3.05, 3.63) is 50.4 Å². The van der Waals surface area contributed by atoms with Crippen LogP contribution in [0.3, 0.4) is 0 Å². The van der Waals surface area contributed by atoms with E-state index in [1.165, 1.54) is 11.3 Å². The van der Waals surface area contributed by atoms with Gasteiger partial charge in [-0.25, -0.2) is 0 Å². The molecule has 3 rings (SSSR count). The molecule has 1 atom stereocenters. The molecule has 2 aromatic rings. The van der Waals surface area contributed by atoms with Crippen LogP contribution in [0.2, 0.25) is 0 Å². The van der Waals surface area contributed by atoms with E-state index >= 15 is 0 Å². The zero-order valence-corrected chi connectivity index (χ0v) is 14.9. The summed E-state index contributed by atoms with van der Waals surface area (Å²) >= 11 is 3.10. The first-order chi connectivity index (χ1) is 11.7. The number of nitrogens with zero attached hydrogens (tertiary/aromatic N) is 1. The van der Waals surface area contributed by atoms with Gasteiger partial charge in [0.1, 0.15) is 0 Å². The Labute approximate surface area is 149 Å². The predicted octanol–water partition coefficient (Wildman–Crippen LogP) is 3.29. The van der Waals surface area contributed by atoms with Crippen LogP contribution in [-0.2, 0) is 11.4 Å². The summed E-state index contributed by atoms with van der Waals surface area (Å²) in [5, 5.41) is 23.3. The van der Waals surface area contributed by atoms with Gasteiger partial charge >= 0.3 is 0 Å². The smallest absolute Gasteiger partial charge is 0.246 e. The van der Waals surface area contributed by atoms with Crippen molar-refractivity contribution in [2.24, 2.45) is 5.92 Å². The highest BCUT2D eigenvalue weighted by molar-refractivity contribution is 7.11. The van der Waals surface area contributed by atoms with Gasteiger partial charge in [-0.15, -0.1) is 22.7 Å². The molecule has 3 heterocycles. The molecule has 1 aliphatic rings. The quantitative estimate of drug-likeness (QED) is 0.802. The number of hydrogen-bond acceptors (Lipinski definition) is 5. The fourth-order valence-electron chi connectivity index (χ4n) is 2.95. The van der Waals surface area contributed by atoms with Crippen LogP contribution in [0, 0.1) is 5.92 Å². The van der Waals surface area contributed by atoms with Crippen molar-refractivity contribution < 1.29 is 15.0 Å². The summed E-state index contributed by atoms with van der Waals surface area (Å²) in [6.45, 7) is 1.39. The predicted molar refractivity (Wildman–Crippen MR) is 97.9 cm³/mol. The maximum Gasteiger partial charge on any atom is 0.246 e. The Hall–Kier alpha value is -1.47. The van der Waals surface area contributed by atoms with E-state index in [0.717, 1.165) is 28.2 Å². The lowest BCUT2D eigenvalue weighted by molar-refractivity contribution is -0.127. The van der Waals surface area contributed by atoms with Crippen molar-refractivity contribution >= 4 is 34.7 Å². The number of hydrogen-bond donors (Lipinski definition) is 2. The molecule has 1 fully saturated rings. The first-order valence-electron chi connectivity index (χ1n) is 8.04. The Morgan fingerprint density at radius 3 is 2.79 bits per heavy atom. The minimum absolute atomic E-state index is 0.0120. The van der Waals surface area contributed by atoms with Crippen molar-refractivity contribution in [2.45, 2.75) is 25.6 Å². The highest BCUT2D eigenvalue weighted by Gasteiger charge is 2.28. The normalized spacial score (nSPS) is 17.5. The van der Waals surface area contributed by atoms with E-state index in [1.807, 2.05) is 33.9 Å². The van der Waals surface area contributed by atoms with Gasteiger partial charge in [0.2, 0.25) is 5.91 Å². The molecule has 1 unspecified atom stereocenters. The average Bonchev–Trinajstić information content (AvgIpc) is 3.30. The van der Waals surface area contributed by atoms with Gasteiger partial charge in [-0.3, -0.25) is 4.79 Å². The third kappa shape index (κ3) is 4.13. The second kappa shape index (κ2) is 8.07. The molecule has 2 N–H and O–H groups in total. The van der Waals surface area contributed by atoms with E-state index in [9.17, 15) is 9.90 Å². The number of carbonyl (C=O) groups excluding carboxylic acids is 1. The number of rotatable bonds is 5. The molecule has 0 bridgehead atoms. The Bertz CT molecular complexity index is 685. The topological polar surface area (TPSA) is 60.8 Å². The molecule has 1 aliphatic heterocycles. The van der Waals surface area contributed by atoms with E-state index in [4.69, 9.17) is 5.11 Å². The number of aliphatic hydroxyl groups excluding tert-OH is 2. The molecular formula is C18H21NO3S2. The number of thiophene rings is 2. The minimum Gasteiger partial charge on any atom is -0.392 e.